The molecule has 1 fully saturated rings. The van der Waals surface area contributed by atoms with Gasteiger partial charge in [0.15, 0.2) is 0 Å². The average Bonchev–Trinajstić information content (AvgIpc) is 2.95. The molecule has 7 heteroatoms. The van der Waals surface area contributed by atoms with E-state index in [0.717, 1.165) is 24.5 Å². The normalized spacial score (nSPS) is 14.7. The molecular formula is C18H23ClN4O2. The fourth-order valence-electron chi connectivity index (χ4n) is 3.18. The van der Waals surface area contributed by atoms with E-state index in [-0.39, 0.29) is 5.91 Å². The van der Waals surface area contributed by atoms with Crippen molar-refractivity contribution in [3.05, 3.63) is 40.7 Å². The van der Waals surface area contributed by atoms with Gasteiger partial charge in [0.2, 0.25) is 0 Å². The molecule has 0 atom stereocenters. The second-order valence-corrected chi connectivity index (χ2v) is 6.39. The zero-order valence-electron chi connectivity index (χ0n) is 14.8. The van der Waals surface area contributed by atoms with E-state index >= 15 is 0 Å². The van der Waals surface area contributed by atoms with Crippen LogP contribution in [0, 0.1) is 6.92 Å². The Morgan fingerprint density at radius 2 is 1.92 bits per heavy atom. The van der Waals surface area contributed by atoms with Gasteiger partial charge < -0.3 is 14.5 Å². The Bertz CT molecular complexity index is 766. The SMILES string of the molecule is CCn1nc(C)c(Cl)c1C(=O)N1CCN(c2ccccc2OC)CC1. The van der Waals surface area contributed by atoms with Crippen LogP contribution in [-0.2, 0) is 6.54 Å². The molecule has 0 saturated carbocycles. The molecule has 1 aliphatic heterocycles. The second-order valence-electron chi connectivity index (χ2n) is 6.01. The molecule has 25 heavy (non-hydrogen) atoms. The number of ether oxygens (including phenoxy) is 1. The third kappa shape index (κ3) is 3.31. The number of carbonyl (C=O) groups is 1. The predicted molar refractivity (Wildman–Crippen MR) is 98.8 cm³/mol. The molecule has 0 radical (unpaired) electrons. The highest BCUT2D eigenvalue weighted by Crippen LogP contribution is 2.29. The summed E-state index contributed by atoms with van der Waals surface area (Å²) in [6.45, 7) is 7.19. The summed E-state index contributed by atoms with van der Waals surface area (Å²) in [5, 5.41) is 4.80. The van der Waals surface area contributed by atoms with Crippen LogP contribution in [0.1, 0.15) is 23.1 Å². The zero-order chi connectivity index (χ0) is 18.0. The van der Waals surface area contributed by atoms with Crippen LogP contribution < -0.4 is 9.64 Å². The molecule has 2 aromatic rings. The summed E-state index contributed by atoms with van der Waals surface area (Å²) in [4.78, 5) is 17.0. The minimum Gasteiger partial charge on any atom is -0.495 e. The summed E-state index contributed by atoms with van der Waals surface area (Å²) < 4.78 is 7.13. The number of carbonyl (C=O) groups excluding carboxylic acids is 1. The maximum Gasteiger partial charge on any atom is 0.273 e. The highest BCUT2D eigenvalue weighted by molar-refractivity contribution is 6.34. The van der Waals surface area contributed by atoms with Gasteiger partial charge >= 0.3 is 0 Å². The molecule has 1 saturated heterocycles. The lowest BCUT2D eigenvalue weighted by Gasteiger charge is -2.36. The molecule has 0 unspecified atom stereocenters. The molecule has 1 amide bonds. The largest absolute Gasteiger partial charge is 0.495 e. The lowest BCUT2D eigenvalue weighted by atomic mass is 10.2. The predicted octanol–water partition coefficient (Wildman–Crippen LogP) is 2.84. The van der Waals surface area contributed by atoms with E-state index in [9.17, 15) is 4.79 Å². The summed E-state index contributed by atoms with van der Waals surface area (Å²) in [7, 11) is 1.68. The minimum atomic E-state index is -0.0490. The molecular weight excluding hydrogens is 340 g/mol. The molecule has 0 aliphatic carbocycles. The summed E-state index contributed by atoms with van der Waals surface area (Å²) >= 11 is 6.31. The molecule has 1 aromatic carbocycles. The standard InChI is InChI=1S/C18H23ClN4O2/c1-4-23-17(16(19)13(2)20-23)18(24)22-11-9-21(10-12-22)14-7-5-6-8-15(14)25-3/h5-8H,4,9-12H2,1-3H3. The van der Waals surface area contributed by atoms with Crippen molar-refractivity contribution in [2.75, 3.05) is 38.2 Å². The topological polar surface area (TPSA) is 50.6 Å². The van der Waals surface area contributed by atoms with E-state index < -0.39 is 0 Å². The molecule has 0 spiro atoms. The van der Waals surface area contributed by atoms with Crippen LogP contribution in [0.15, 0.2) is 24.3 Å². The first kappa shape index (κ1) is 17.6. The third-order valence-electron chi connectivity index (χ3n) is 4.55. The smallest absolute Gasteiger partial charge is 0.273 e. The van der Waals surface area contributed by atoms with Gasteiger partial charge in [0.05, 0.1) is 23.5 Å². The van der Waals surface area contributed by atoms with Crippen molar-refractivity contribution in [3.8, 4) is 5.75 Å². The summed E-state index contributed by atoms with van der Waals surface area (Å²) in [6, 6.07) is 7.95. The number of benzene rings is 1. The highest BCUT2D eigenvalue weighted by Gasteiger charge is 2.28. The third-order valence-corrected chi connectivity index (χ3v) is 5.00. The monoisotopic (exact) mass is 362 g/mol. The first-order valence-electron chi connectivity index (χ1n) is 8.47. The van der Waals surface area contributed by atoms with Gasteiger partial charge in [-0.3, -0.25) is 9.48 Å². The van der Waals surface area contributed by atoms with E-state index in [1.165, 1.54) is 0 Å². The van der Waals surface area contributed by atoms with Gasteiger partial charge in [-0.25, -0.2) is 0 Å². The van der Waals surface area contributed by atoms with Crippen LogP contribution >= 0.6 is 11.6 Å². The van der Waals surface area contributed by atoms with E-state index in [4.69, 9.17) is 16.3 Å². The maximum absolute atomic E-state index is 12.9. The van der Waals surface area contributed by atoms with Crippen LogP contribution in [0.5, 0.6) is 5.75 Å². The number of aryl methyl sites for hydroxylation is 2. The number of para-hydroxylation sites is 2. The first-order chi connectivity index (χ1) is 12.1. The number of aromatic nitrogens is 2. The molecule has 0 N–H and O–H groups in total. The molecule has 2 heterocycles. The molecule has 1 aromatic heterocycles. The van der Waals surface area contributed by atoms with Crippen molar-refractivity contribution >= 4 is 23.2 Å². The number of rotatable bonds is 4. The number of methoxy groups -OCH3 is 1. The lowest BCUT2D eigenvalue weighted by molar-refractivity contribution is 0.0734. The highest BCUT2D eigenvalue weighted by atomic mass is 35.5. The van der Waals surface area contributed by atoms with Gasteiger partial charge in [0.1, 0.15) is 11.4 Å². The summed E-state index contributed by atoms with van der Waals surface area (Å²) in [5.74, 6) is 0.803. The fraction of sp³-hybridized carbons (Fsp3) is 0.444. The molecule has 3 rings (SSSR count). The van der Waals surface area contributed by atoms with Gasteiger partial charge in [-0.1, -0.05) is 23.7 Å². The number of anilines is 1. The molecule has 0 bridgehead atoms. The minimum absolute atomic E-state index is 0.0490. The van der Waals surface area contributed by atoms with Crippen molar-refractivity contribution in [3.63, 3.8) is 0 Å². The summed E-state index contributed by atoms with van der Waals surface area (Å²) in [6.07, 6.45) is 0. The van der Waals surface area contributed by atoms with Crippen molar-refractivity contribution in [1.29, 1.82) is 0 Å². The van der Waals surface area contributed by atoms with E-state index in [2.05, 4.69) is 10.00 Å². The Balaban J connectivity index is 1.73. The number of piperazine rings is 1. The zero-order valence-corrected chi connectivity index (χ0v) is 15.6. The van der Waals surface area contributed by atoms with E-state index in [1.807, 2.05) is 43.0 Å². The Morgan fingerprint density at radius 3 is 2.56 bits per heavy atom. The molecule has 1 aliphatic rings. The number of halogens is 1. The average molecular weight is 363 g/mol. The van der Waals surface area contributed by atoms with Crippen molar-refractivity contribution in [2.45, 2.75) is 20.4 Å². The summed E-state index contributed by atoms with van der Waals surface area (Å²) in [5.41, 5.74) is 2.25. The second kappa shape index (κ2) is 7.35. The Labute approximate surface area is 152 Å². The first-order valence-corrected chi connectivity index (χ1v) is 8.84. The number of hydrogen-bond acceptors (Lipinski definition) is 4. The lowest BCUT2D eigenvalue weighted by Crippen LogP contribution is -2.49. The van der Waals surface area contributed by atoms with E-state index in [1.54, 1.807) is 11.8 Å². The van der Waals surface area contributed by atoms with Gasteiger partial charge in [0, 0.05) is 32.7 Å². The Hall–Kier alpha value is -2.21. The van der Waals surface area contributed by atoms with Crippen LogP contribution in [0.4, 0.5) is 5.69 Å². The van der Waals surface area contributed by atoms with Gasteiger partial charge in [0.25, 0.3) is 5.91 Å². The van der Waals surface area contributed by atoms with Gasteiger partial charge in [-0.05, 0) is 26.0 Å². The van der Waals surface area contributed by atoms with Crippen LogP contribution in [0.25, 0.3) is 0 Å². The number of nitrogens with zero attached hydrogens (tertiary/aromatic N) is 4. The number of amides is 1. The fourth-order valence-corrected chi connectivity index (χ4v) is 3.40. The Morgan fingerprint density at radius 1 is 1.24 bits per heavy atom. The van der Waals surface area contributed by atoms with E-state index in [0.29, 0.717) is 36.0 Å². The van der Waals surface area contributed by atoms with Crippen molar-refractivity contribution in [2.24, 2.45) is 0 Å². The Kier molecular flexibility index (Phi) is 5.18. The quantitative estimate of drug-likeness (QED) is 0.839. The molecule has 6 nitrogen and oxygen atoms in total. The van der Waals surface area contributed by atoms with Crippen molar-refractivity contribution < 1.29 is 9.53 Å². The number of hydrogen-bond donors (Lipinski definition) is 0. The van der Waals surface area contributed by atoms with Crippen LogP contribution in [-0.4, -0.2) is 53.9 Å². The van der Waals surface area contributed by atoms with Crippen LogP contribution in [0.2, 0.25) is 5.02 Å². The maximum atomic E-state index is 12.9. The van der Waals surface area contributed by atoms with Crippen molar-refractivity contribution in [1.82, 2.24) is 14.7 Å². The van der Waals surface area contributed by atoms with Crippen LogP contribution in [0.3, 0.4) is 0 Å². The van der Waals surface area contributed by atoms with Gasteiger partial charge in [-0.15, -0.1) is 0 Å². The molecule has 134 valence electrons. The van der Waals surface area contributed by atoms with Gasteiger partial charge in [-0.2, -0.15) is 5.10 Å².